The van der Waals surface area contributed by atoms with Gasteiger partial charge in [-0.05, 0) is 43.3 Å². The van der Waals surface area contributed by atoms with E-state index >= 15 is 0 Å². The van der Waals surface area contributed by atoms with Gasteiger partial charge in [-0.3, -0.25) is 9.78 Å². The highest BCUT2D eigenvalue weighted by atomic mass is 16.5. The van der Waals surface area contributed by atoms with Gasteiger partial charge in [0.05, 0.1) is 26.0 Å². The van der Waals surface area contributed by atoms with Crippen LogP contribution in [0.25, 0.3) is 0 Å². The maximum Gasteiger partial charge on any atom is 0.254 e. The van der Waals surface area contributed by atoms with Crippen molar-refractivity contribution in [1.82, 2.24) is 9.88 Å². The first-order valence-electron chi connectivity index (χ1n) is 9.80. The zero-order valence-electron chi connectivity index (χ0n) is 17.2. The summed E-state index contributed by atoms with van der Waals surface area (Å²) in [6.45, 7) is 3.94. The summed E-state index contributed by atoms with van der Waals surface area (Å²) in [4.78, 5) is 18.9. The molecule has 0 unspecified atom stereocenters. The van der Waals surface area contributed by atoms with Gasteiger partial charge in [0, 0.05) is 37.2 Å². The molecule has 7 heteroatoms. The van der Waals surface area contributed by atoms with Crippen molar-refractivity contribution in [3.8, 4) is 11.5 Å². The molecule has 0 spiro atoms. The summed E-state index contributed by atoms with van der Waals surface area (Å²) in [5, 5.41) is 0. The zero-order valence-corrected chi connectivity index (χ0v) is 17.2. The van der Waals surface area contributed by atoms with Gasteiger partial charge >= 0.3 is 0 Å². The predicted molar refractivity (Wildman–Crippen MR) is 112 cm³/mol. The first kappa shape index (κ1) is 21.4. The summed E-state index contributed by atoms with van der Waals surface area (Å²) in [5.74, 6) is 1.67. The van der Waals surface area contributed by atoms with Crippen LogP contribution in [-0.4, -0.2) is 42.7 Å². The second-order valence-electron chi connectivity index (χ2n) is 6.54. The van der Waals surface area contributed by atoms with Gasteiger partial charge in [-0.1, -0.05) is 6.07 Å². The molecular weight excluding hydrogens is 384 g/mol. The normalized spacial score (nSPS) is 10.6. The summed E-state index contributed by atoms with van der Waals surface area (Å²) in [7, 11) is 1.61. The highest BCUT2D eigenvalue weighted by molar-refractivity contribution is 5.94. The van der Waals surface area contributed by atoms with Gasteiger partial charge in [0.15, 0.2) is 11.5 Å². The highest BCUT2D eigenvalue weighted by Gasteiger charge is 2.19. The molecule has 2 aromatic heterocycles. The molecule has 7 nitrogen and oxygen atoms in total. The zero-order chi connectivity index (χ0) is 21.2. The third-order valence-corrected chi connectivity index (χ3v) is 4.39. The molecule has 2 heterocycles. The van der Waals surface area contributed by atoms with Crippen molar-refractivity contribution in [3.63, 3.8) is 0 Å². The summed E-state index contributed by atoms with van der Waals surface area (Å²) in [6.07, 6.45) is 5.06. The van der Waals surface area contributed by atoms with E-state index in [9.17, 15) is 4.79 Å². The molecule has 0 aliphatic heterocycles. The fourth-order valence-electron chi connectivity index (χ4n) is 2.90. The van der Waals surface area contributed by atoms with Gasteiger partial charge in [-0.15, -0.1) is 0 Å². The molecule has 3 rings (SSSR count). The number of aromatic nitrogens is 1. The summed E-state index contributed by atoms with van der Waals surface area (Å²) in [6, 6.07) is 12.7. The van der Waals surface area contributed by atoms with Crippen molar-refractivity contribution in [3.05, 3.63) is 78.0 Å². The minimum absolute atomic E-state index is 0.136. The van der Waals surface area contributed by atoms with Crippen LogP contribution in [0.1, 0.15) is 28.6 Å². The van der Waals surface area contributed by atoms with Crippen LogP contribution in [-0.2, 0) is 17.9 Å². The van der Waals surface area contributed by atoms with Crippen molar-refractivity contribution in [2.75, 3.05) is 26.9 Å². The monoisotopic (exact) mass is 410 g/mol. The number of nitrogens with zero attached hydrogens (tertiary/aromatic N) is 2. The SMILES string of the molecule is CCOc1cc(C(=O)N(CCOC)Cc2ccco2)ccc1OCc1cccnc1. The minimum Gasteiger partial charge on any atom is -0.490 e. The minimum atomic E-state index is -0.136. The van der Waals surface area contributed by atoms with Crippen molar-refractivity contribution >= 4 is 5.91 Å². The molecule has 30 heavy (non-hydrogen) atoms. The lowest BCUT2D eigenvalue weighted by Gasteiger charge is -2.22. The van der Waals surface area contributed by atoms with Crippen LogP contribution in [0.15, 0.2) is 65.5 Å². The Morgan fingerprint density at radius 1 is 1.13 bits per heavy atom. The van der Waals surface area contributed by atoms with E-state index in [-0.39, 0.29) is 5.91 Å². The average Bonchev–Trinajstić information content (AvgIpc) is 3.29. The number of amides is 1. The van der Waals surface area contributed by atoms with Gasteiger partial charge in [0.2, 0.25) is 0 Å². The Labute approximate surface area is 176 Å². The number of hydrogen-bond acceptors (Lipinski definition) is 6. The number of furan rings is 1. The topological polar surface area (TPSA) is 74.0 Å². The Balaban J connectivity index is 1.77. The first-order chi connectivity index (χ1) is 14.7. The van der Waals surface area contributed by atoms with E-state index < -0.39 is 0 Å². The van der Waals surface area contributed by atoms with Gasteiger partial charge in [-0.25, -0.2) is 0 Å². The van der Waals surface area contributed by atoms with E-state index in [0.717, 1.165) is 5.56 Å². The summed E-state index contributed by atoms with van der Waals surface area (Å²) in [5.41, 5.74) is 1.46. The van der Waals surface area contributed by atoms with E-state index in [1.54, 1.807) is 54.9 Å². The average molecular weight is 410 g/mol. The standard InChI is InChI=1S/C23H26N2O5/c1-3-28-22-14-19(8-9-21(22)30-17-18-6-4-10-24-15-18)23(26)25(11-13-27-2)16-20-7-5-12-29-20/h4-10,12,14-15H,3,11,13,16-17H2,1-2H3. The van der Waals surface area contributed by atoms with Gasteiger partial charge in [0.25, 0.3) is 5.91 Å². The van der Waals surface area contributed by atoms with Crippen LogP contribution in [0.3, 0.4) is 0 Å². The molecule has 1 amide bonds. The lowest BCUT2D eigenvalue weighted by Crippen LogP contribution is -2.33. The maximum absolute atomic E-state index is 13.1. The Bertz CT molecular complexity index is 913. The van der Waals surface area contributed by atoms with Crippen LogP contribution in [0.2, 0.25) is 0 Å². The molecule has 0 bridgehead atoms. The van der Waals surface area contributed by atoms with Crippen molar-refractivity contribution < 1.29 is 23.4 Å². The van der Waals surface area contributed by atoms with Crippen LogP contribution in [0.4, 0.5) is 0 Å². The van der Waals surface area contributed by atoms with Crippen molar-refractivity contribution in [2.24, 2.45) is 0 Å². The van der Waals surface area contributed by atoms with Gasteiger partial charge in [0.1, 0.15) is 12.4 Å². The molecule has 0 saturated heterocycles. The first-order valence-corrected chi connectivity index (χ1v) is 9.80. The summed E-state index contributed by atoms with van der Waals surface area (Å²) >= 11 is 0. The van der Waals surface area contributed by atoms with Crippen LogP contribution in [0.5, 0.6) is 11.5 Å². The van der Waals surface area contributed by atoms with Crippen LogP contribution in [0, 0.1) is 0 Å². The quantitative estimate of drug-likeness (QED) is 0.477. The second-order valence-corrected chi connectivity index (χ2v) is 6.54. The molecule has 158 valence electrons. The van der Waals surface area contributed by atoms with Crippen molar-refractivity contribution in [2.45, 2.75) is 20.1 Å². The molecule has 0 radical (unpaired) electrons. The smallest absolute Gasteiger partial charge is 0.254 e. The third kappa shape index (κ3) is 5.84. The summed E-state index contributed by atoms with van der Waals surface area (Å²) < 4.78 is 22.2. The number of carbonyl (C=O) groups is 1. The molecule has 3 aromatic rings. The van der Waals surface area contributed by atoms with Gasteiger partial charge in [-0.2, -0.15) is 0 Å². The van der Waals surface area contributed by atoms with Crippen LogP contribution < -0.4 is 9.47 Å². The Morgan fingerprint density at radius 2 is 2.03 bits per heavy atom. The van der Waals surface area contributed by atoms with E-state index in [0.29, 0.717) is 55.7 Å². The Morgan fingerprint density at radius 3 is 2.73 bits per heavy atom. The second kappa shape index (κ2) is 11.0. The Kier molecular flexibility index (Phi) is 7.86. The van der Waals surface area contributed by atoms with E-state index in [2.05, 4.69) is 4.98 Å². The van der Waals surface area contributed by atoms with Crippen molar-refractivity contribution in [1.29, 1.82) is 0 Å². The molecule has 0 fully saturated rings. The number of ether oxygens (including phenoxy) is 3. The maximum atomic E-state index is 13.1. The number of rotatable bonds is 11. The predicted octanol–water partition coefficient (Wildman–Crippen LogP) is 3.94. The van der Waals surface area contributed by atoms with E-state index in [1.165, 1.54) is 0 Å². The molecule has 0 saturated carbocycles. The number of methoxy groups -OCH3 is 1. The molecule has 1 aromatic carbocycles. The largest absolute Gasteiger partial charge is 0.490 e. The molecule has 0 aliphatic carbocycles. The van der Waals surface area contributed by atoms with E-state index in [4.69, 9.17) is 18.6 Å². The number of hydrogen-bond donors (Lipinski definition) is 0. The fraction of sp³-hybridized carbons (Fsp3) is 0.304. The number of benzene rings is 1. The third-order valence-electron chi connectivity index (χ3n) is 4.39. The lowest BCUT2D eigenvalue weighted by atomic mass is 10.1. The Hall–Kier alpha value is -3.32. The van der Waals surface area contributed by atoms with E-state index in [1.807, 2.05) is 25.1 Å². The lowest BCUT2D eigenvalue weighted by molar-refractivity contribution is 0.0666. The van der Waals surface area contributed by atoms with Crippen LogP contribution >= 0.6 is 0 Å². The molecule has 0 atom stereocenters. The number of carbonyl (C=O) groups excluding carboxylic acids is 1. The highest BCUT2D eigenvalue weighted by Crippen LogP contribution is 2.30. The molecule has 0 N–H and O–H groups in total. The molecule has 0 aliphatic rings. The fourth-order valence-corrected chi connectivity index (χ4v) is 2.90. The van der Waals surface area contributed by atoms with Gasteiger partial charge < -0.3 is 23.5 Å². The number of pyridine rings is 1. The molecular formula is C23H26N2O5.